The number of rotatable bonds is 8. The average Bonchev–Trinajstić information content (AvgIpc) is 3.26. The highest BCUT2D eigenvalue weighted by atomic mass is 35.5. The van der Waals surface area contributed by atoms with E-state index >= 15 is 0 Å². The highest BCUT2D eigenvalue weighted by Gasteiger charge is 2.27. The van der Waals surface area contributed by atoms with E-state index in [2.05, 4.69) is 4.98 Å². The normalized spacial score (nSPS) is 12.9. The van der Waals surface area contributed by atoms with Crippen molar-refractivity contribution in [2.75, 3.05) is 6.61 Å². The third-order valence-electron chi connectivity index (χ3n) is 4.22. The highest BCUT2D eigenvalue weighted by molar-refractivity contribution is 6.30. The number of alkyl halides is 1. The number of aromatic nitrogens is 2. The van der Waals surface area contributed by atoms with E-state index < -0.39 is 17.8 Å². The van der Waals surface area contributed by atoms with Gasteiger partial charge in [0.1, 0.15) is 0 Å². The van der Waals surface area contributed by atoms with Crippen LogP contribution >= 0.6 is 34.8 Å². The summed E-state index contributed by atoms with van der Waals surface area (Å²) in [5, 5.41) is 1.27. The summed E-state index contributed by atoms with van der Waals surface area (Å²) in [6.07, 6.45) is 4.72. The maximum atomic E-state index is 12.3. The average molecular weight is 454 g/mol. The molecule has 0 aliphatic heterocycles. The van der Waals surface area contributed by atoms with Gasteiger partial charge in [0.15, 0.2) is 11.6 Å². The number of ether oxygens (including phenoxy) is 2. The Balaban J connectivity index is 1.57. The van der Waals surface area contributed by atoms with Crippen LogP contribution < -0.4 is 0 Å². The molecule has 3 rings (SSSR count). The quantitative estimate of drug-likeness (QED) is 0.223. The minimum atomic E-state index is -0.785. The Morgan fingerprint density at radius 1 is 1.03 bits per heavy atom. The first-order valence-electron chi connectivity index (χ1n) is 8.98. The van der Waals surface area contributed by atoms with Gasteiger partial charge in [-0.1, -0.05) is 59.1 Å². The van der Waals surface area contributed by atoms with Gasteiger partial charge in [-0.15, -0.1) is 0 Å². The third-order valence-corrected chi connectivity index (χ3v) is 5.18. The lowest BCUT2D eigenvalue weighted by Gasteiger charge is -2.23. The molecule has 1 aromatic heterocycles. The second-order valence-electron chi connectivity index (χ2n) is 6.30. The Labute approximate surface area is 184 Å². The van der Waals surface area contributed by atoms with Gasteiger partial charge in [0.2, 0.25) is 0 Å². The maximum Gasteiger partial charge on any atom is 0.509 e. The molecule has 0 spiro atoms. The first-order chi connectivity index (χ1) is 14.0. The zero-order valence-corrected chi connectivity index (χ0v) is 17.6. The Kier molecular flexibility index (Phi) is 7.81. The number of hydrogen-bond acceptors (Lipinski definition) is 4. The van der Waals surface area contributed by atoms with Crippen molar-refractivity contribution in [1.29, 1.82) is 0 Å². The van der Waals surface area contributed by atoms with Crippen LogP contribution in [0.1, 0.15) is 29.2 Å². The van der Waals surface area contributed by atoms with Crippen LogP contribution in [0.15, 0.2) is 67.3 Å². The van der Waals surface area contributed by atoms with E-state index in [4.69, 9.17) is 44.3 Å². The van der Waals surface area contributed by atoms with E-state index in [1.807, 2.05) is 24.3 Å². The van der Waals surface area contributed by atoms with Gasteiger partial charge in [0, 0.05) is 22.4 Å². The molecule has 1 heterocycles. The fourth-order valence-corrected chi connectivity index (χ4v) is 3.29. The number of carbonyl (C=O) groups excluding carboxylic acids is 1. The van der Waals surface area contributed by atoms with E-state index in [1.54, 1.807) is 47.6 Å². The molecule has 0 N–H and O–H groups in total. The molecule has 8 heteroatoms. The lowest BCUT2D eigenvalue weighted by molar-refractivity contribution is 0.0142. The van der Waals surface area contributed by atoms with Gasteiger partial charge < -0.3 is 14.0 Å². The molecule has 0 saturated carbocycles. The topological polar surface area (TPSA) is 53.4 Å². The first-order valence-corrected chi connectivity index (χ1v) is 10.2. The molecule has 2 aromatic carbocycles. The van der Waals surface area contributed by atoms with Gasteiger partial charge in [-0.05, 0) is 48.2 Å². The molecule has 0 saturated heterocycles. The summed E-state index contributed by atoms with van der Waals surface area (Å²) in [5.41, 5.74) is 1.12. The summed E-state index contributed by atoms with van der Waals surface area (Å²) < 4.78 is 12.4. The van der Waals surface area contributed by atoms with Crippen molar-refractivity contribution < 1.29 is 14.3 Å². The van der Waals surface area contributed by atoms with Crippen molar-refractivity contribution in [1.82, 2.24) is 9.55 Å². The van der Waals surface area contributed by atoms with Gasteiger partial charge in [0.25, 0.3) is 0 Å². The lowest BCUT2D eigenvalue weighted by atomic mass is 10.1. The lowest BCUT2D eigenvalue weighted by Crippen LogP contribution is -2.20. The van der Waals surface area contributed by atoms with Gasteiger partial charge in [-0.3, -0.25) is 0 Å². The van der Waals surface area contributed by atoms with E-state index in [-0.39, 0.29) is 6.61 Å². The molecular formula is C21H19Cl3N2O3. The summed E-state index contributed by atoms with van der Waals surface area (Å²) in [4.78, 5) is 16.2. The molecule has 2 unspecified atom stereocenters. The zero-order chi connectivity index (χ0) is 20.6. The van der Waals surface area contributed by atoms with Crippen LogP contribution in [0.4, 0.5) is 4.79 Å². The number of nitrogens with zero attached hydrogens (tertiary/aromatic N) is 2. The van der Waals surface area contributed by atoms with E-state index in [9.17, 15) is 4.79 Å². The molecule has 0 fully saturated rings. The Morgan fingerprint density at radius 2 is 1.69 bits per heavy atom. The predicted octanol–water partition coefficient (Wildman–Crippen LogP) is 6.45. The second kappa shape index (κ2) is 10.5. The van der Waals surface area contributed by atoms with Crippen molar-refractivity contribution in [3.8, 4) is 0 Å². The third kappa shape index (κ3) is 6.39. The van der Waals surface area contributed by atoms with Crippen molar-refractivity contribution in [3.63, 3.8) is 0 Å². The van der Waals surface area contributed by atoms with Crippen molar-refractivity contribution in [2.45, 2.75) is 24.4 Å². The van der Waals surface area contributed by atoms with Crippen LogP contribution in [0.3, 0.4) is 0 Å². The van der Waals surface area contributed by atoms with Crippen molar-refractivity contribution in [3.05, 3.63) is 88.4 Å². The molecule has 0 amide bonds. The van der Waals surface area contributed by atoms with Crippen LogP contribution in [0.5, 0.6) is 0 Å². The Bertz CT molecular complexity index is 900. The highest BCUT2D eigenvalue weighted by Crippen LogP contribution is 2.34. The Morgan fingerprint density at radius 3 is 2.31 bits per heavy atom. The standard InChI is InChI=1S/C21H19Cl3N2O3/c22-17-7-3-15(4-8-17)2-1-13-28-21(27)29-19(16-5-9-18(23)10-6-16)20(24)26-12-11-25-14-26/h3-12,14,19-20H,1-2,13H2. The van der Waals surface area contributed by atoms with Gasteiger partial charge in [-0.25, -0.2) is 9.78 Å². The van der Waals surface area contributed by atoms with Crippen LogP contribution in [0.2, 0.25) is 10.0 Å². The molecule has 3 aromatic rings. The number of carbonyl (C=O) groups is 1. The summed E-state index contributed by atoms with van der Waals surface area (Å²) >= 11 is 18.4. The predicted molar refractivity (Wildman–Crippen MR) is 114 cm³/mol. The summed E-state index contributed by atoms with van der Waals surface area (Å²) in [6.45, 7) is 0.229. The molecule has 5 nitrogen and oxygen atoms in total. The zero-order valence-electron chi connectivity index (χ0n) is 15.4. The molecule has 0 aliphatic carbocycles. The smallest absolute Gasteiger partial charge is 0.434 e. The molecule has 0 bridgehead atoms. The summed E-state index contributed by atoms with van der Waals surface area (Å²) in [7, 11) is 0. The molecule has 0 radical (unpaired) electrons. The Hall–Kier alpha value is -2.21. The summed E-state index contributed by atoms with van der Waals surface area (Å²) in [6, 6.07) is 14.5. The van der Waals surface area contributed by atoms with Crippen LogP contribution in [-0.4, -0.2) is 22.3 Å². The van der Waals surface area contributed by atoms with E-state index in [0.717, 1.165) is 12.0 Å². The van der Waals surface area contributed by atoms with Crippen LogP contribution in [0.25, 0.3) is 0 Å². The number of imidazole rings is 1. The van der Waals surface area contributed by atoms with E-state index in [0.29, 0.717) is 22.0 Å². The maximum absolute atomic E-state index is 12.3. The molecule has 152 valence electrons. The van der Waals surface area contributed by atoms with Gasteiger partial charge >= 0.3 is 6.16 Å². The molecular weight excluding hydrogens is 435 g/mol. The fourth-order valence-electron chi connectivity index (χ4n) is 2.73. The van der Waals surface area contributed by atoms with Crippen molar-refractivity contribution >= 4 is 41.0 Å². The minimum absolute atomic E-state index is 0.229. The molecule has 29 heavy (non-hydrogen) atoms. The number of aryl methyl sites for hydroxylation is 1. The summed E-state index contributed by atoms with van der Waals surface area (Å²) in [5.74, 6) is 0. The molecule has 0 aliphatic rings. The largest absolute Gasteiger partial charge is 0.509 e. The second-order valence-corrected chi connectivity index (χ2v) is 7.62. The number of hydrogen-bond donors (Lipinski definition) is 0. The molecule has 2 atom stereocenters. The van der Waals surface area contributed by atoms with Gasteiger partial charge in [-0.2, -0.15) is 0 Å². The van der Waals surface area contributed by atoms with Crippen LogP contribution in [0, 0.1) is 0 Å². The monoisotopic (exact) mass is 452 g/mol. The number of halogens is 3. The van der Waals surface area contributed by atoms with Crippen molar-refractivity contribution in [2.24, 2.45) is 0 Å². The number of benzene rings is 2. The minimum Gasteiger partial charge on any atom is -0.434 e. The van der Waals surface area contributed by atoms with E-state index in [1.165, 1.54) is 0 Å². The van der Waals surface area contributed by atoms with Gasteiger partial charge in [0.05, 0.1) is 12.9 Å². The SMILES string of the molecule is O=C(OCCCc1ccc(Cl)cc1)OC(c1ccc(Cl)cc1)C(Cl)n1ccnc1. The fraction of sp³-hybridized carbons (Fsp3) is 0.238. The first kappa shape index (κ1) is 21.5. The van der Waals surface area contributed by atoms with Crippen LogP contribution in [-0.2, 0) is 15.9 Å².